The average molecular weight is 294 g/mol. The van der Waals surface area contributed by atoms with Crippen molar-refractivity contribution in [3.63, 3.8) is 0 Å². The molecule has 0 aliphatic heterocycles. The highest BCUT2D eigenvalue weighted by Gasteiger charge is 2.01. The van der Waals surface area contributed by atoms with Crippen LogP contribution in [-0.2, 0) is 6.54 Å². The standard InChI is InChI=1S/C14H13BrFN/c1-10-8-11(6-7-12(10)15)9-17-14-5-3-2-4-13(14)16/h2-8,17H,9H2,1H3. The smallest absolute Gasteiger partial charge is 0.146 e. The van der Waals surface area contributed by atoms with Crippen LogP contribution in [0.2, 0.25) is 0 Å². The predicted molar refractivity (Wildman–Crippen MR) is 72.6 cm³/mol. The van der Waals surface area contributed by atoms with E-state index in [9.17, 15) is 4.39 Å². The number of halogens is 2. The molecule has 2 aromatic carbocycles. The molecular weight excluding hydrogens is 281 g/mol. The molecule has 0 aliphatic rings. The molecule has 0 radical (unpaired) electrons. The Balaban J connectivity index is 2.08. The molecule has 0 aliphatic carbocycles. The van der Waals surface area contributed by atoms with Gasteiger partial charge in [0.2, 0.25) is 0 Å². The molecule has 0 saturated heterocycles. The van der Waals surface area contributed by atoms with Gasteiger partial charge in [-0.3, -0.25) is 0 Å². The van der Waals surface area contributed by atoms with Gasteiger partial charge < -0.3 is 5.32 Å². The van der Waals surface area contributed by atoms with Crippen LogP contribution >= 0.6 is 15.9 Å². The van der Waals surface area contributed by atoms with Gasteiger partial charge >= 0.3 is 0 Å². The van der Waals surface area contributed by atoms with Crippen molar-refractivity contribution >= 4 is 21.6 Å². The van der Waals surface area contributed by atoms with Gasteiger partial charge in [-0.25, -0.2) is 4.39 Å². The molecule has 2 aromatic rings. The van der Waals surface area contributed by atoms with E-state index >= 15 is 0 Å². The van der Waals surface area contributed by atoms with Crippen LogP contribution in [0.25, 0.3) is 0 Å². The number of aryl methyl sites for hydroxylation is 1. The topological polar surface area (TPSA) is 12.0 Å². The Morgan fingerprint density at radius 2 is 1.94 bits per heavy atom. The minimum Gasteiger partial charge on any atom is -0.379 e. The Bertz CT molecular complexity index is 525. The predicted octanol–water partition coefficient (Wildman–Crippen LogP) is 4.51. The third-order valence-electron chi connectivity index (χ3n) is 2.58. The number of para-hydroxylation sites is 1. The number of benzene rings is 2. The summed E-state index contributed by atoms with van der Waals surface area (Å²) in [6.45, 7) is 2.66. The molecule has 1 nitrogen and oxygen atoms in total. The number of rotatable bonds is 3. The first-order chi connectivity index (χ1) is 8.16. The highest BCUT2D eigenvalue weighted by atomic mass is 79.9. The number of anilines is 1. The Morgan fingerprint density at radius 3 is 2.65 bits per heavy atom. The van der Waals surface area contributed by atoms with E-state index < -0.39 is 0 Å². The van der Waals surface area contributed by atoms with Gasteiger partial charge in [0.15, 0.2) is 0 Å². The second-order valence-corrected chi connectivity index (χ2v) is 4.77. The van der Waals surface area contributed by atoms with Crippen LogP contribution < -0.4 is 5.32 Å². The average Bonchev–Trinajstić information content (AvgIpc) is 2.32. The van der Waals surface area contributed by atoms with Gasteiger partial charge in [-0.05, 0) is 36.2 Å². The zero-order valence-electron chi connectivity index (χ0n) is 9.50. The van der Waals surface area contributed by atoms with Gasteiger partial charge in [0.25, 0.3) is 0 Å². The van der Waals surface area contributed by atoms with Crippen LogP contribution in [0.1, 0.15) is 11.1 Å². The molecule has 1 N–H and O–H groups in total. The molecule has 88 valence electrons. The van der Waals surface area contributed by atoms with Crippen LogP contribution in [0.15, 0.2) is 46.9 Å². The molecule has 0 aromatic heterocycles. The normalized spacial score (nSPS) is 10.3. The van der Waals surface area contributed by atoms with E-state index in [0.717, 1.165) is 10.0 Å². The maximum atomic E-state index is 13.4. The van der Waals surface area contributed by atoms with Crippen LogP contribution in [-0.4, -0.2) is 0 Å². The van der Waals surface area contributed by atoms with Gasteiger partial charge in [-0.1, -0.05) is 40.2 Å². The van der Waals surface area contributed by atoms with E-state index in [1.54, 1.807) is 12.1 Å². The molecule has 0 heterocycles. The summed E-state index contributed by atoms with van der Waals surface area (Å²) in [5.41, 5.74) is 2.85. The summed E-state index contributed by atoms with van der Waals surface area (Å²) < 4.78 is 14.5. The quantitative estimate of drug-likeness (QED) is 0.878. The summed E-state index contributed by atoms with van der Waals surface area (Å²) in [5.74, 6) is -0.221. The van der Waals surface area contributed by atoms with E-state index in [2.05, 4.69) is 27.3 Å². The molecule has 0 fully saturated rings. The van der Waals surface area contributed by atoms with Crippen LogP contribution in [0.4, 0.5) is 10.1 Å². The molecule has 3 heteroatoms. The zero-order chi connectivity index (χ0) is 12.3. The van der Waals surface area contributed by atoms with Crippen LogP contribution in [0, 0.1) is 12.7 Å². The molecule has 0 amide bonds. The van der Waals surface area contributed by atoms with Gasteiger partial charge in [0.1, 0.15) is 5.82 Å². The fraction of sp³-hybridized carbons (Fsp3) is 0.143. The Morgan fingerprint density at radius 1 is 1.18 bits per heavy atom. The first kappa shape index (κ1) is 12.1. The molecule has 0 bridgehead atoms. The van der Waals surface area contributed by atoms with Crippen molar-refractivity contribution in [3.8, 4) is 0 Å². The number of hydrogen-bond donors (Lipinski definition) is 1. The Kier molecular flexibility index (Phi) is 3.79. The lowest BCUT2D eigenvalue weighted by atomic mass is 10.1. The maximum Gasteiger partial charge on any atom is 0.146 e. The third kappa shape index (κ3) is 3.07. The lowest BCUT2D eigenvalue weighted by Gasteiger charge is -2.08. The van der Waals surface area contributed by atoms with Gasteiger partial charge in [-0.15, -0.1) is 0 Å². The first-order valence-electron chi connectivity index (χ1n) is 5.40. The van der Waals surface area contributed by atoms with Crippen molar-refractivity contribution in [1.29, 1.82) is 0 Å². The fourth-order valence-electron chi connectivity index (χ4n) is 1.62. The summed E-state index contributed by atoms with van der Waals surface area (Å²) in [6, 6.07) is 12.8. The van der Waals surface area contributed by atoms with Gasteiger partial charge in [0, 0.05) is 11.0 Å². The van der Waals surface area contributed by atoms with E-state index in [-0.39, 0.29) is 5.82 Å². The SMILES string of the molecule is Cc1cc(CNc2ccccc2F)ccc1Br. The first-order valence-corrected chi connectivity index (χ1v) is 6.19. The molecule has 0 spiro atoms. The molecule has 17 heavy (non-hydrogen) atoms. The van der Waals surface area contributed by atoms with Crippen molar-refractivity contribution in [3.05, 3.63) is 63.9 Å². The summed E-state index contributed by atoms with van der Waals surface area (Å²) in [7, 11) is 0. The van der Waals surface area contributed by atoms with Crippen molar-refractivity contribution in [2.24, 2.45) is 0 Å². The Hall–Kier alpha value is -1.35. The minimum absolute atomic E-state index is 0.221. The highest BCUT2D eigenvalue weighted by molar-refractivity contribution is 9.10. The van der Waals surface area contributed by atoms with E-state index in [1.807, 2.05) is 25.1 Å². The van der Waals surface area contributed by atoms with E-state index in [4.69, 9.17) is 0 Å². The fourth-order valence-corrected chi connectivity index (χ4v) is 1.87. The molecule has 0 saturated carbocycles. The molecule has 0 unspecified atom stereocenters. The molecule has 2 rings (SSSR count). The lowest BCUT2D eigenvalue weighted by molar-refractivity contribution is 0.630. The summed E-state index contributed by atoms with van der Waals surface area (Å²) in [6.07, 6.45) is 0. The monoisotopic (exact) mass is 293 g/mol. The van der Waals surface area contributed by atoms with E-state index in [0.29, 0.717) is 12.2 Å². The lowest BCUT2D eigenvalue weighted by Crippen LogP contribution is -2.01. The zero-order valence-corrected chi connectivity index (χ0v) is 11.1. The molecule has 0 atom stereocenters. The maximum absolute atomic E-state index is 13.4. The van der Waals surface area contributed by atoms with Crippen LogP contribution in [0.3, 0.4) is 0 Å². The largest absolute Gasteiger partial charge is 0.379 e. The number of hydrogen-bond acceptors (Lipinski definition) is 1. The van der Waals surface area contributed by atoms with Crippen molar-refractivity contribution in [2.45, 2.75) is 13.5 Å². The van der Waals surface area contributed by atoms with E-state index in [1.165, 1.54) is 11.6 Å². The van der Waals surface area contributed by atoms with Crippen molar-refractivity contribution in [2.75, 3.05) is 5.32 Å². The Labute approximate surface area is 109 Å². The summed E-state index contributed by atoms with van der Waals surface area (Å²) >= 11 is 3.46. The minimum atomic E-state index is -0.221. The second kappa shape index (κ2) is 5.32. The highest BCUT2D eigenvalue weighted by Crippen LogP contribution is 2.18. The van der Waals surface area contributed by atoms with Gasteiger partial charge in [0.05, 0.1) is 5.69 Å². The molecular formula is C14H13BrFN. The van der Waals surface area contributed by atoms with Crippen LogP contribution in [0.5, 0.6) is 0 Å². The van der Waals surface area contributed by atoms with Crippen molar-refractivity contribution in [1.82, 2.24) is 0 Å². The van der Waals surface area contributed by atoms with Crippen molar-refractivity contribution < 1.29 is 4.39 Å². The third-order valence-corrected chi connectivity index (χ3v) is 3.47. The summed E-state index contributed by atoms with van der Waals surface area (Å²) in [5, 5.41) is 3.09. The van der Waals surface area contributed by atoms with Gasteiger partial charge in [-0.2, -0.15) is 0 Å². The second-order valence-electron chi connectivity index (χ2n) is 3.92. The number of nitrogens with one attached hydrogen (secondary N) is 1. The summed E-state index contributed by atoms with van der Waals surface area (Å²) in [4.78, 5) is 0.